The molecule has 21 heavy (non-hydrogen) atoms. The maximum atomic E-state index is 5.65. The first kappa shape index (κ1) is 14.4. The molecule has 0 radical (unpaired) electrons. The van der Waals surface area contributed by atoms with Crippen LogP contribution >= 0.6 is 0 Å². The summed E-state index contributed by atoms with van der Waals surface area (Å²) in [6.07, 6.45) is 4.00. The first-order valence-corrected chi connectivity index (χ1v) is 7.75. The maximum absolute atomic E-state index is 5.65. The van der Waals surface area contributed by atoms with Gasteiger partial charge in [-0.1, -0.05) is 30.3 Å². The van der Waals surface area contributed by atoms with Crippen LogP contribution < -0.4 is 10.1 Å². The topological polar surface area (TPSA) is 30.5 Å². The molecule has 3 heteroatoms. The number of ether oxygens (including phenoxy) is 2. The summed E-state index contributed by atoms with van der Waals surface area (Å²) in [5.41, 5.74) is 1.32. The Bertz CT molecular complexity index is 591. The van der Waals surface area contributed by atoms with E-state index >= 15 is 0 Å². The second kappa shape index (κ2) is 6.92. The smallest absolute Gasteiger partial charge is 0.126 e. The van der Waals surface area contributed by atoms with Crippen molar-refractivity contribution in [2.45, 2.75) is 31.9 Å². The molecule has 0 amide bonds. The summed E-state index contributed by atoms with van der Waals surface area (Å²) < 4.78 is 11.1. The van der Waals surface area contributed by atoms with Crippen LogP contribution in [0.25, 0.3) is 10.8 Å². The molecule has 3 rings (SSSR count). The lowest BCUT2D eigenvalue weighted by Gasteiger charge is -2.13. The Morgan fingerprint density at radius 1 is 1.19 bits per heavy atom. The molecule has 0 aliphatic carbocycles. The molecule has 0 saturated carbocycles. The van der Waals surface area contributed by atoms with Crippen molar-refractivity contribution >= 4 is 10.8 Å². The monoisotopic (exact) mass is 285 g/mol. The number of benzene rings is 2. The second-order valence-corrected chi connectivity index (χ2v) is 5.57. The minimum absolute atomic E-state index is 0.463. The Labute approximate surface area is 126 Å². The maximum Gasteiger partial charge on any atom is 0.126 e. The van der Waals surface area contributed by atoms with Gasteiger partial charge in [-0.15, -0.1) is 0 Å². The number of fused-ring (bicyclic) bond motifs is 1. The van der Waals surface area contributed by atoms with Crippen LogP contribution in [0, 0.1) is 0 Å². The average Bonchev–Trinajstić information content (AvgIpc) is 3.05. The summed E-state index contributed by atoms with van der Waals surface area (Å²) in [6.45, 7) is 2.83. The van der Waals surface area contributed by atoms with E-state index in [0.717, 1.165) is 31.9 Å². The summed E-state index contributed by atoms with van der Waals surface area (Å²) in [4.78, 5) is 0. The normalized spacial score (nSPS) is 18.2. The van der Waals surface area contributed by atoms with Crippen LogP contribution in [0.5, 0.6) is 5.75 Å². The van der Waals surface area contributed by atoms with Gasteiger partial charge in [-0.2, -0.15) is 0 Å². The largest absolute Gasteiger partial charge is 0.496 e. The third-order valence-electron chi connectivity index (χ3n) is 4.18. The quantitative estimate of drug-likeness (QED) is 0.824. The van der Waals surface area contributed by atoms with Gasteiger partial charge in [0.05, 0.1) is 13.2 Å². The molecule has 1 unspecified atom stereocenters. The van der Waals surface area contributed by atoms with Crippen molar-refractivity contribution in [3.63, 3.8) is 0 Å². The van der Waals surface area contributed by atoms with Crippen LogP contribution in [0.15, 0.2) is 36.4 Å². The van der Waals surface area contributed by atoms with E-state index in [-0.39, 0.29) is 0 Å². The van der Waals surface area contributed by atoms with E-state index in [1.165, 1.54) is 29.2 Å². The van der Waals surface area contributed by atoms with Crippen LogP contribution in [-0.4, -0.2) is 26.4 Å². The van der Waals surface area contributed by atoms with E-state index < -0.39 is 0 Å². The number of nitrogens with one attached hydrogen (secondary N) is 1. The lowest BCUT2D eigenvalue weighted by molar-refractivity contribution is 0.104. The molecule has 3 nitrogen and oxygen atoms in total. The van der Waals surface area contributed by atoms with E-state index in [1.54, 1.807) is 7.11 Å². The molecule has 1 heterocycles. The average molecular weight is 285 g/mol. The molecule has 1 aliphatic heterocycles. The lowest BCUT2D eigenvalue weighted by Crippen LogP contribution is -2.20. The summed E-state index contributed by atoms with van der Waals surface area (Å²) in [7, 11) is 1.72. The fraction of sp³-hybridized carbons (Fsp3) is 0.444. The first-order valence-electron chi connectivity index (χ1n) is 7.75. The standard InChI is InChI=1S/C18H23NO2/c1-20-18-9-8-14(16-6-2-3-7-17(16)18)13-19-11-10-15-5-4-12-21-15/h2-3,6-9,15,19H,4-5,10-13H2,1H3. The Kier molecular flexibility index (Phi) is 4.73. The van der Waals surface area contributed by atoms with Crippen LogP contribution in [0.3, 0.4) is 0 Å². The SMILES string of the molecule is COc1ccc(CNCCC2CCCO2)c2ccccc12. The third-order valence-corrected chi connectivity index (χ3v) is 4.18. The minimum Gasteiger partial charge on any atom is -0.496 e. The third kappa shape index (κ3) is 3.36. The predicted octanol–water partition coefficient (Wildman–Crippen LogP) is 3.51. The molecule has 2 aromatic carbocycles. The van der Waals surface area contributed by atoms with Crippen molar-refractivity contribution in [2.75, 3.05) is 20.3 Å². The van der Waals surface area contributed by atoms with Crippen LogP contribution in [-0.2, 0) is 11.3 Å². The molecule has 0 aromatic heterocycles. The molecule has 1 saturated heterocycles. The van der Waals surface area contributed by atoms with Crippen molar-refractivity contribution < 1.29 is 9.47 Å². The van der Waals surface area contributed by atoms with Crippen LogP contribution in [0.1, 0.15) is 24.8 Å². The van der Waals surface area contributed by atoms with Gasteiger partial charge in [0.25, 0.3) is 0 Å². The molecule has 112 valence electrons. The molecule has 0 bridgehead atoms. The summed E-state index contributed by atoms with van der Waals surface area (Å²) in [6, 6.07) is 12.6. The zero-order chi connectivity index (χ0) is 14.5. The Balaban J connectivity index is 1.63. The minimum atomic E-state index is 0.463. The lowest BCUT2D eigenvalue weighted by atomic mass is 10.0. The van der Waals surface area contributed by atoms with E-state index in [2.05, 4.69) is 41.7 Å². The van der Waals surface area contributed by atoms with Gasteiger partial charge in [-0.05, 0) is 42.8 Å². The van der Waals surface area contributed by atoms with Crippen LogP contribution in [0.4, 0.5) is 0 Å². The Morgan fingerprint density at radius 2 is 2.05 bits per heavy atom. The van der Waals surface area contributed by atoms with Gasteiger partial charge in [-0.25, -0.2) is 0 Å². The number of rotatable bonds is 6. The Morgan fingerprint density at radius 3 is 2.81 bits per heavy atom. The zero-order valence-corrected chi connectivity index (χ0v) is 12.6. The van der Waals surface area contributed by atoms with Gasteiger partial charge in [0.1, 0.15) is 5.75 Å². The number of methoxy groups -OCH3 is 1. The van der Waals surface area contributed by atoms with Crippen molar-refractivity contribution in [2.24, 2.45) is 0 Å². The highest BCUT2D eigenvalue weighted by Crippen LogP contribution is 2.28. The van der Waals surface area contributed by atoms with Crippen LogP contribution in [0.2, 0.25) is 0 Å². The molecule has 1 N–H and O–H groups in total. The van der Waals surface area contributed by atoms with Gasteiger partial charge in [0.2, 0.25) is 0 Å². The van der Waals surface area contributed by atoms with Crippen molar-refractivity contribution in [1.82, 2.24) is 5.32 Å². The van der Waals surface area contributed by atoms with E-state index in [1.807, 2.05) is 0 Å². The van der Waals surface area contributed by atoms with Gasteiger partial charge < -0.3 is 14.8 Å². The van der Waals surface area contributed by atoms with Crippen molar-refractivity contribution in [3.05, 3.63) is 42.0 Å². The van der Waals surface area contributed by atoms with E-state index in [0.29, 0.717) is 6.10 Å². The molecule has 1 fully saturated rings. The molecule has 1 atom stereocenters. The number of hydrogen-bond acceptors (Lipinski definition) is 3. The van der Waals surface area contributed by atoms with Gasteiger partial charge in [-0.3, -0.25) is 0 Å². The predicted molar refractivity (Wildman–Crippen MR) is 85.8 cm³/mol. The van der Waals surface area contributed by atoms with Gasteiger partial charge >= 0.3 is 0 Å². The first-order chi connectivity index (χ1) is 10.4. The highest BCUT2D eigenvalue weighted by atomic mass is 16.5. The second-order valence-electron chi connectivity index (χ2n) is 5.57. The Hall–Kier alpha value is -1.58. The highest BCUT2D eigenvalue weighted by molar-refractivity contribution is 5.91. The summed E-state index contributed by atoms with van der Waals surface area (Å²) >= 11 is 0. The molecular formula is C18H23NO2. The highest BCUT2D eigenvalue weighted by Gasteiger charge is 2.14. The number of hydrogen-bond donors (Lipinski definition) is 1. The van der Waals surface area contributed by atoms with Crippen molar-refractivity contribution in [3.8, 4) is 5.75 Å². The zero-order valence-electron chi connectivity index (χ0n) is 12.6. The van der Waals surface area contributed by atoms with Crippen molar-refractivity contribution in [1.29, 1.82) is 0 Å². The van der Waals surface area contributed by atoms with E-state index in [9.17, 15) is 0 Å². The fourth-order valence-electron chi connectivity index (χ4n) is 3.02. The summed E-state index contributed by atoms with van der Waals surface area (Å²) in [5.74, 6) is 0.939. The van der Waals surface area contributed by atoms with Gasteiger partial charge in [0, 0.05) is 18.5 Å². The van der Waals surface area contributed by atoms with E-state index in [4.69, 9.17) is 9.47 Å². The van der Waals surface area contributed by atoms with Gasteiger partial charge in [0.15, 0.2) is 0 Å². The molecule has 1 aliphatic rings. The fourth-order valence-corrected chi connectivity index (χ4v) is 3.02. The molecule has 2 aromatic rings. The summed E-state index contributed by atoms with van der Waals surface area (Å²) in [5, 5.41) is 5.98. The molecule has 0 spiro atoms. The molecular weight excluding hydrogens is 262 g/mol.